The molecule has 0 atom stereocenters. The summed E-state index contributed by atoms with van der Waals surface area (Å²) < 4.78 is 5.27. The van der Waals surface area contributed by atoms with Crippen LogP contribution in [-0.4, -0.2) is 29.0 Å². The molecular formula is C19H21N3O2S. The predicted molar refractivity (Wildman–Crippen MR) is 100 cm³/mol. The van der Waals surface area contributed by atoms with Crippen molar-refractivity contribution >= 4 is 21.6 Å². The number of H-pyrrole nitrogens is 1. The average molecular weight is 355 g/mol. The summed E-state index contributed by atoms with van der Waals surface area (Å²) in [5.74, 6) is 1.58. The molecule has 0 radical (unpaired) electrons. The SMILES string of the molecule is COc1cccc(CN(C)Cc2nc3sc4c(c3c(=O)[nH]2)CCC4)c1. The monoisotopic (exact) mass is 355 g/mol. The number of ether oxygens (including phenoxy) is 1. The number of aromatic nitrogens is 2. The number of nitrogens with one attached hydrogen (secondary N) is 1. The van der Waals surface area contributed by atoms with E-state index in [4.69, 9.17) is 9.72 Å². The molecule has 1 N–H and O–H groups in total. The number of hydrogen-bond acceptors (Lipinski definition) is 5. The number of benzene rings is 1. The first-order valence-corrected chi connectivity index (χ1v) is 9.30. The molecule has 0 unspecified atom stereocenters. The summed E-state index contributed by atoms with van der Waals surface area (Å²) in [5.41, 5.74) is 2.40. The minimum absolute atomic E-state index is 0.00850. The van der Waals surface area contributed by atoms with Gasteiger partial charge in [0.05, 0.1) is 19.0 Å². The Morgan fingerprint density at radius 1 is 1.32 bits per heavy atom. The Labute approximate surface area is 150 Å². The van der Waals surface area contributed by atoms with Crippen molar-refractivity contribution in [1.82, 2.24) is 14.9 Å². The maximum absolute atomic E-state index is 12.5. The van der Waals surface area contributed by atoms with Gasteiger partial charge in [-0.25, -0.2) is 4.98 Å². The Bertz CT molecular complexity index is 976. The molecule has 1 aliphatic carbocycles. The second-order valence-corrected chi connectivity index (χ2v) is 7.66. The molecule has 2 heterocycles. The van der Waals surface area contributed by atoms with E-state index in [1.165, 1.54) is 16.0 Å². The second-order valence-electron chi connectivity index (χ2n) is 6.57. The van der Waals surface area contributed by atoms with Gasteiger partial charge in [-0.1, -0.05) is 12.1 Å². The Kier molecular flexibility index (Phi) is 4.31. The predicted octanol–water partition coefficient (Wildman–Crippen LogP) is 3.11. The van der Waals surface area contributed by atoms with Crippen molar-refractivity contribution in [2.45, 2.75) is 32.4 Å². The van der Waals surface area contributed by atoms with E-state index >= 15 is 0 Å². The van der Waals surface area contributed by atoms with Crippen molar-refractivity contribution in [3.63, 3.8) is 0 Å². The van der Waals surface area contributed by atoms with E-state index in [2.05, 4.69) is 16.0 Å². The zero-order valence-electron chi connectivity index (χ0n) is 14.5. The summed E-state index contributed by atoms with van der Waals surface area (Å²) in [5, 5.41) is 0.816. The Balaban J connectivity index is 1.55. The van der Waals surface area contributed by atoms with Gasteiger partial charge in [0.2, 0.25) is 0 Å². The first-order chi connectivity index (χ1) is 12.1. The van der Waals surface area contributed by atoms with Gasteiger partial charge in [-0.2, -0.15) is 0 Å². The second kappa shape index (κ2) is 6.61. The van der Waals surface area contributed by atoms with Gasteiger partial charge in [-0.15, -0.1) is 11.3 Å². The van der Waals surface area contributed by atoms with Crippen molar-refractivity contribution < 1.29 is 4.74 Å². The van der Waals surface area contributed by atoms with Crippen LogP contribution >= 0.6 is 11.3 Å². The number of methoxy groups -OCH3 is 1. The minimum atomic E-state index is 0.00850. The van der Waals surface area contributed by atoms with Crippen molar-refractivity contribution in [1.29, 1.82) is 0 Å². The highest BCUT2D eigenvalue weighted by atomic mass is 32.1. The quantitative estimate of drug-likeness (QED) is 0.764. The van der Waals surface area contributed by atoms with Gasteiger partial charge in [-0.3, -0.25) is 9.69 Å². The maximum Gasteiger partial charge on any atom is 0.259 e. The molecule has 0 spiro atoms. The van der Waals surface area contributed by atoms with Crippen LogP contribution in [0.1, 0.15) is 28.2 Å². The molecule has 0 fully saturated rings. The van der Waals surface area contributed by atoms with Gasteiger partial charge in [0.25, 0.3) is 5.56 Å². The summed E-state index contributed by atoms with van der Waals surface area (Å²) >= 11 is 1.68. The number of rotatable bonds is 5. The van der Waals surface area contributed by atoms with E-state index in [0.29, 0.717) is 6.54 Å². The normalized spacial score (nSPS) is 13.6. The Hall–Kier alpha value is -2.18. The van der Waals surface area contributed by atoms with Crippen LogP contribution in [-0.2, 0) is 25.9 Å². The van der Waals surface area contributed by atoms with Gasteiger partial charge in [0, 0.05) is 11.4 Å². The molecule has 0 saturated heterocycles. The van der Waals surface area contributed by atoms with E-state index in [-0.39, 0.29) is 5.56 Å². The topological polar surface area (TPSA) is 58.2 Å². The fraction of sp³-hybridized carbons (Fsp3) is 0.368. The van der Waals surface area contributed by atoms with Crippen molar-refractivity contribution in [2.75, 3.05) is 14.2 Å². The van der Waals surface area contributed by atoms with Crippen LogP contribution in [0.25, 0.3) is 10.2 Å². The molecule has 5 nitrogen and oxygen atoms in total. The lowest BCUT2D eigenvalue weighted by Gasteiger charge is -2.16. The molecule has 0 saturated carbocycles. The van der Waals surface area contributed by atoms with Crippen molar-refractivity contribution in [2.24, 2.45) is 0 Å². The fourth-order valence-electron chi connectivity index (χ4n) is 3.52. The van der Waals surface area contributed by atoms with Crippen molar-refractivity contribution in [3.05, 3.63) is 56.4 Å². The molecular weight excluding hydrogens is 334 g/mol. The Morgan fingerprint density at radius 2 is 2.20 bits per heavy atom. The third-order valence-electron chi connectivity index (χ3n) is 4.63. The summed E-state index contributed by atoms with van der Waals surface area (Å²) in [6, 6.07) is 8.02. The summed E-state index contributed by atoms with van der Waals surface area (Å²) in [7, 11) is 3.70. The third-order valence-corrected chi connectivity index (χ3v) is 5.82. The number of aryl methyl sites for hydroxylation is 2. The summed E-state index contributed by atoms with van der Waals surface area (Å²) in [6.07, 6.45) is 3.25. The van der Waals surface area contributed by atoms with Crippen LogP contribution < -0.4 is 10.3 Å². The lowest BCUT2D eigenvalue weighted by atomic mass is 10.2. The number of nitrogens with zero attached hydrogens (tertiary/aromatic N) is 2. The van der Waals surface area contributed by atoms with Crippen LogP contribution in [0.15, 0.2) is 29.1 Å². The highest BCUT2D eigenvalue weighted by Gasteiger charge is 2.21. The summed E-state index contributed by atoms with van der Waals surface area (Å²) in [4.78, 5) is 24.6. The maximum atomic E-state index is 12.5. The molecule has 0 amide bonds. The minimum Gasteiger partial charge on any atom is -0.497 e. The van der Waals surface area contributed by atoms with E-state index in [9.17, 15) is 4.79 Å². The number of aromatic amines is 1. The van der Waals surface area contributed by atoms with Gasteiger partial charge in [0.15, 0.2) is 0 Å². The molecule has 25 heavy (non-hydrogen) atoms. The molecule has 1 aliphatic rings. The Morgan fingerprint density at radius 3 is 3.04 bits per heavy atom. The largest absolute Gasteiger partial charge is 0.497 e. The number of thiophene rings is 1. The van der Waals surface area contributed by atoms with Gasteiger partial charge in [0.1, 0.15) is 16.4 Å². The first kappa shape index (κ1) is 16.3. The third kappa shape index (κ3) is 3.19. The van der Waals surface area contributed by atoms with E-state index in [0.717, 1.165) is 47.6 Å². The van der Waals surface area contributed by atoms with Gasteiger partial charge < -0.3 is 9.72 Å². The van der Waals surface area contributed by atoms with Crippen LogP contribution in [0, 0.1) is 0 Å². The molecule has 1 aromatic carbocycles. The molecule has 6 heteroatoms. The lowest BCUT2D eigenvalue weighted by Crippen LogP contribution is -2.21. The van der Waals surface area contributed by atoms with Crippen molar-refractivity contribution in [3.8, 4) is 5.75 Å². The zero-order chi connectivity index (χ0) is 17.4. The van der Waals surface area contributed by atoms with Crippen LogP contribution in [0.2, 0.25) is 0 Å². The van der Waals surface area contributed by atoms with Gasteiger partial charge in [-0.05, 0) is 49.6 Å². The molecule has 0 bridgehead atoms. The summed E-state index contributed by atoms with van der Waals surface area (Å²) in [6.45, 7) is 1.37. The fourth-order valence-corrected chi connectivity index (χ4v) is 4.80. The highest BCUT2D eigenvalue weighted by Crippen LogP contribution is 2.34. The zero-order valence-corrected chi connectivity index (χ0v) is 15.3. The van der Waals surface area contributed by atoms with E-state index in [1.54, 1.807) is 18.4 Å². The number of hydrogen-bond donors (Lipinski definition) is 1. The molecule has 2 aromatic heterocycles. The van der Waals surface area contributed by atoms with E-state index < -0.39 is 0 Å². The molecule has 0 aliphatic heterocycles. The lowest BCUT2D eigenvalue weighted by molar-refractivity contribution is 0.310. The van der Waals surface area contributed by atoms with Crippen LogP contribution in [0.5, 0.6) is 5.75 Å². The first-order valence-electron chi connectivity index (χ1n) is 8.49. The standard InChI is InChI=1S/C19H21N3O2S/c1-22(10-12-5-3-6-13(9-12)24-2)11-16-20-18(23)17-14-7-4-8-15(14)25-19(17)21-16/h3,5-6,9H,4,7-8,10-11H2,1-2H3,(H,20,21,23). The van der Waals surface area contributed by atoms with E-state index in [1.807, 2.05) is 25.2 Å². The average Bonchev–Trinajstić information content (AvgIpc) is 3.15. The smallest absolute Gasteiger partial charge is 0.259 e. The van der Waals surface area contributed by atoms with Gasteiger partial charge >= 0.3 is 0 Å². The highest BCUT2D eigenvalue weighted by molar-refractivity contribution is 7.18. The van der Waals surface area contributed by atoms with Crippen LogP contribution in [0.4, 0.5) is 0 Å². The number of fused-ring (bicyclic) bond motifs is 3. The molecule has 4 rings (SSSR count). The van der Waals surface area contributed by atoms with Crippen LogP contribution in [0.3, 0.4) is 0 Å². The molecule has 3 aromatic rings. The molecule has 130 valence electrons.